The van der Waals surface area contributed by atoms with E-state index in [1.54, 1.807) is 0 Å². The molecule has 188 valence electrons. The first kappa shape index (κ1) is 27.1. The average Bonchev–Trinajstić information content (AvgIpc) is 2.83. The zero-order valence-electron chi connectivity index (χ0n) is 20.2. The second kappa shape index (κ2) is 14.2. The van der Waals surface area contributed by atoms with Crippen LogP contribution in [0.25, 0.3) is 0 Å². The lowest BCUT2D eigenvalue weighted by molar-refractivity contribution is -0.170. The number of aryl methyl sites for hydroxylation is 1. The standard InChI is InChI=1S/C25H37N3O6/c1-3-4-18-33-25(32)28(34-21(29)17-11-14-19-12-7-5-8-13-19)24(26)27(2)22(23(30)31)20-15-9-6-10-16-20/h5,7-8,12-13,20,22,26H,3-4,6,9-11,14-18H2,1-2H3,(H,30,31). The Morgan fingerprint density at radius 2 is 1.79 bits per heavy atom. The van der Waals surface area contributed by atoms with Gasteiger partial charge in [-0.15, -0.1) is 0 Å². The second-order valence-corrected chi connectivity index (χ2v) is 8.68. The van der Waals surface area contributed by atoms with Gasteiger partial charge >= 0.3 is 18.0 Å². The molecule has 0 heterocycles. The second-order valence-electron chi connectivity index (χ2n) is 8.68. The minimum atomic E-state index is -1.08. The zero-order valence-corrected chi connectivity index (χ0v) is 20.2. The summed E-state index contributed by atoms with van der Waals surface area (Å²) in [5.74, 6) is -2.45. The lowest BCUT2D eigenvalue weighted by atomic mass is 9.83. The van der Waals surface area contributed by atoms with Gasteiger partial charge in [0, 0.05) is 13.5 Å². The number of benzene rings is 1. The highest BCUT2D eigenvalue weighted by atomic mass is 16.8. The molecule has 0 radical (unpaired) electrons. The van der Waals surface area contributed by atoms with Gasteiger partial charge in [-0.2, -0.15) is 0 Å². The van der Waals surface area contributed by atoms with Crippen molar-refractivity contribution >= 4 is 24.0 Å². The third-order valence-electron chi connectivity index (χ3n) is 6.06. The van der Waals surface area contributed by atoms with E-state index < -0.39 is 30.0 Å². The highest BCUT2D eigenvalue weighted by Gasteiger charge is 2.38. The maximum absolute atomic E-state index is 12.7. The van der Waals surface area contributed by atoms with E-state index in [1.165, 1.54) is 11.9 Å². The van der Waals surface area contributed by atoms with Gasteiger partial charge in [0.2, 0.25) is 5.96 Å². The zero-order chi connectivity index (χ0) is 24.9. The average molecular weight is 476 g/mol. The molecule has 9 nitrogen and oxygen atoms in total. The van der Waals surface area contributed by atoms with Crippen molar-refractivity contribution in [3.8, 4) is 0 Å². The molecule has 1 unspecified atom stereocenters. The molecule has 1 atom stereocenters. The van der Waals surface area contributed by atoms with Crippen molar-refractivity contribution < 1.29 is 29.1 Å². The molecular weight excluding hydrogens is 438 g/mol. The van der Waals surface area contributed by atoms with E-state index in [1.807, 2.05) is 37.3 Å². The molecular formula is C25H37N3O6. The molecule has 2 N–H and O–H groups in total. The number of nitrogens with zero attached hydrogens (tertiary/aromatic N) is 2. The first-order chi connectivity index (χ1) is 16.3. The topological polar surface area (TPSA) is 120 Å². The lowest BCUT2D eigenvalue weighted by Crippen LogP contribution is -2.54. The third kappa shape index (κ3) is 8.35. The van der Waals surface area contributed by atoms with Gasteiger partial charge < -0.3 is 19.6 Å². The van der Waals surface area contributed by atoms with Crippen molar-refractivity contribution in [2.45, 2.75) is 77.2 Å². The number of ether oxygens (including phenoxy) is 1. The number of carboxylic acids is 1. The molecule has 1 fully saturated rings. The highest BCUT2D eigenvalue weighted by Crippen LogP contribution is 2.29. The van der Waals surface area contributed by atoms with Crippen LogP contribution >= 0.6 is 0 Å². The Kier molecular flexibility index (Phi) is 11.4. The molecule has 1 saturated carbocycles. The van der Waals surface area contributed by atoms with Crippen molar-refractivity contribution in [1.82, 2.24) is 9.96 Å². The molecule has 0 aromatic heterocycles. The van der Waals surface area contributed by atoms with Crippen LogP contribution in [-0.2, 0) is 25.6 Å². The summed E-state index contributed by atoms with van der Waals surface area (Å²) in [6, 6.07) is 8.68. The summed E-state index contributed by atoms with van der Waals surface area (Å²) >= 11 is 0. The van der Waals surface area contributed by atoms with E-state index in [0.717, 1.165) is 44.1 Å². The molecule has 2 rings (SSSR count). The van der Waals surface area contributed by atoms with Crippen molar-refractivity contribution in [3.05, 3.63) is 35.9 Å². The number of aliphatic carboxylic acids is 1. The van der Waals surface area contributed by atoms with Crippen LogP contribution in [-0.4, -0.2) is 58.8 Å². The Morgan fingerprint density at radius 3 is 2.41 bits per heavy atom. The van der Waals surface area contributed by atoms with Gasteiger partial charge in [0.15, 0.2) is 0 Å². The summed E-state index contributed by atoms with van der Waals surface area (Å²) in [6.45, 7) is 2.05. The molecule has 0 bridgehead atoms. The third-order valence-corrected chi connectivity index (χ3v) is 6.06. The fourth-order valence-electron chi connectivity index (χ4n) is 4.17. The van der Waals surface area contributed by atoms with E-state index in [2.05, 4.69) is 0 Å². The van der Waals surface area contributed by atoms with Crippen molar-refractivity contribution in [2.75, 3.05) is 13.7 Å². The predicted octanol–water partition coefficient (Wildman–Crippen LogP) is 4.61. The quantitative estimate of drug-likeness (QED) is 0.219. The van der Waals surface area contributed by atoms with Gasteiger partial charge in [-0.05, 0) is 43.6 Å². The Morgan fingerprint density at radius 1 is 1.12 bits per heavy atom. The fourth-order valence-corrected chi connectivity index (χ4v) is 4.17. The van der Waals surface area contributed by atoms with Crippen LogP contribution in [0.1, 0.15) is 70.3 Å². The number of carbonyl (C=O) groups excluding carboxylic acids is 2. The summed E-state index contributed by atoms with van der Waals surface area (Å²) in [7, 11) is 1.44. The molecule has 9 heteroatoms. The van der Waals surface area contributed by atoms with Crippen molar-refractivity contribution in [3.63, 3.8) is 0 Å². The number of rotatable bonds is 10. The van der Waals surface area contributed by atoms with Crippen LogP contribution in [0, 0.1) is 11.3 Å². The number of carbonyl (C=O) groups is 3. The number of hydrogen-bond acceptors (Lipinski definition) is 6. The summed E-state index contributed by atoms with van der Waals surface area (Å²) in [4.78, 5) is 43.7. The monoisotopic (exact) mass is 475 g/mol. The number of carboxylic acid groups (broad SMARTS) is 1. The number of guanidine groups is 1. The van der Waals surface area contributed by atoms with Gasteiger partial charge in [0.05, 0.1) is 6.61 Å². The van der Waals surface area contributed by atoms with Gasteiger partial charge in [0.25, 0.3) is 0 Å². The number of likely N-dealkylation sites (N-methyl/N-ethyl adjacent to an activating group) is 1. The SMILES string of the molecule is CCCCOC(=O)N(OC(=O)CCCc1ccccc1)C(=N)N(C)C(C(=O)O)C1CCCCC1. The lowest BCUT2D eigenvalue weighted by Gasteiger charge is -2.36. The van der Waals surface area contributed by atoms with E-state index in [0.29, 0.717) is 24.3 Å². The van der Waals surface area contributed by atoms with Crippen molar-refractivity contribution in [2.24, 2.45) is 5.92 Å². The Bertz CT molecular complexity index is 810. The Labute approximate surface area is 201 Å². The molecule has 1 amide bonds. The van der Waals surface area contributed by atoms with Gasteiger partial charge in [-0.3, -0.25) is 5.41 Å². The number of hydrogen-bond donors (Lipinski definition) is 2. The minimum Gasteiger partial charge on any atom is -0.480 e. The molecule has 0 saturated heterocycles. The molecule has 0 aliphatic heterocycles. The van der Waals surface area contributed by atoms with E-state index >= 15 is 0 Å². The first-order valence-electron chi connectivity index (χ1n) is 12.1. The van der Waals surface area contributed by atoms with Crippen LogP contribution in [0.2, 0.25) is 0 Å². The highest BCUT2D eigenvalue weighted by molar-refractivity contribution is 5.94. The van der Waals surface area contributed by atoms with Crippen LogP contribution in [0.15, 0.2) is 30.3 Å². The van der Waals surface area contributed by atoms with Crippen molar-refractivity contribution in [1.29, 1.82) is 5.41 Å². The normalized spacial score (nSPS) is 14.6. The first-order valence-corrected chi connectivity index (χ1v) is 12.1. The predicted molar refractivity (Wildman–Crippen MR) is 127 cm³/mol. The molecule has 1 aromatic carbocycles. The largest absolute Gasteiger partial charge is 0.480 e. The van der Waals surface area contributed by atoms with Gasteiger partial charge in [-0.1, -0.05) is 68.0 Å². The minimum absolute atomic E-state index is 0.0373. The number of hydroxylamine groups is 2. The Hall–Kier alpha value is -3.10. The van der Waals surface area contributed by atoms with Crippen LogP contribution in [0.4, 0.5) is 4.79 Å². The summed E-state index contributed by atoms with van der Waals surface area (Å²) in [5, 5.41) is 18.9. The number of nitrogens with one attached hydrogen (secondary N) is 1. The van der Waals surface area contributed by atoms with Gasteiger partial charge in [-0.25, -0.2) is 14.4 Å². The van der Waals surface area contributed by atoms with Crippen LogP contribution in [0.5, 0.6) is 0 Å². The van der Waals surface area contributed by atoms with E-state index in [9.17, 15) is 19.5 Å². The summed E-state index contributed by atoms with van der Waals surface area (Å²) in [6.07, 6.45) is 5.99. The maximum atomic E-state index is 12.7. The summed E-state index contributed by atoms with van der Waals surface area (Å²) < 4.78 is 5.17. The number of amides is 1. The molecule has 1 aromatic rings. The van der Waals surface area contributed by atoms with E-state index in [4.69, 9.17) is 15.0 Å². The molecule has 34 heavy (non-hydrogen) atoms. The Balaban J connectivity index is 2.07. The molecule has 1 aliphatic rings. The van der Waals surface area contributed by atoms with Gasteiger partial charge in [0.1, 0.15) is 6.04 Å². The van der Waals surface area contributed by atoms with E-state index in [-0.39, 0.29) is 18.9 Å². The van der Waals surface area contributed by atoms with Crippen LogP contribution in [0.3, 0.4) is 0 Å². The van der Waals surface area contributed by atoms with Crippen LogP contribution < -0.4 is 0 Å². The fraction of sp³-hybridized carbons (Fsp3) is 0.600. The smallest absolute Gasteiger partial charge is 0.451 e. The maximum Gasteiger partial charge on any atom is 0.451 e. The summed E-state index contributed by atoms with van der Waals surface area (Å²) in [5.41, 5.74) is 1.08. The number of unbranched alkanes of at least 4 members (excludes halogenated alkanes) is 1. The molecule has 1 aliphatic carbocycles. The molecule has 0 spiro atoms.